The Morgan fingerprint density at radius 3 is 2.93 bits per heavy atom. The molecule has 0 aliphatic heterocycles. The fourth-order valence-electron chi connectivity index (χ4n) is 1.11. The summed E-state index contributed by atoms with van der Waals surface area (Å²) in [5.74, 6) is 1.82. The van der Waals surface area contributed by atoms with Gasteiger partial charge < -0.3 is 9.84 Å². The van der Waals surface area contributed by atoms with Crippen LogP contribution in [0.2, 0.25) is 0 Å². The number of rotatable bonds is 5. The minimum Gasteiger partial charge on any atom is -0.493 e. The lowest BCUT2D eigenvalue weighted by Gasteiger charge is -2.08. The second-order valence-corrected chi connectivity index (χ2v) is 4.08. The van der Waals surface area contributed by atoms with Crippen LogP contribution < -0.4 is 4.74 Å². The van der Waals surface area contributed by atoms with Crippen LogP contribution in [0.15, 0.2) is 24.3 Å². The summed E-state index contributed by atoms with van der Waals surface area (Å²) in [5.41, 5.74) is 0.895. The van der Waals surface area contributed by atoms with E-state index < -0.39 is 6.10 Å². The minimum absolute atomic E-state index is 0.431. The zero-order chi connectivity index (χ0) is 10.4. The van der Waals surface area contributed by atoms with Gasteiger partial charge in [0.2, 0.25) is 0 Å². The molecule has 0 aromatic heterocycles. The lowest BCUT2D eigenvalue weighted by molar-refractivity contribution is 0.198. The van der Waals surface area contributed by atoms with Crippen molar-refractivity contribution in [3.8, 4) is 5.75 Å². The van der Waals surface area contributed by atoms with Gasteiger partial charge in [0.25, 0.3) is 0 Å². The first-order valence-electron chi connectivity index (χ1n) is 4.64. The topological polar surface area (TPSA) is 29.5 Å². The molecule has 1 N–H and O–H groups in total. The first kappa shape index (κ1) is 11.4. The van der Waals surface area contributed by atoms with Crippen molar-refractivity contribution in [2.45, 2.75) is 13.0 Å². The SMILES string of the molecule is CSCCOc1cccc(C(C)O)c1. The summed E-state index contributed by atoms with van der Waals surface area (Å²) in [4.78, 5) is 0. The van der Waals surface area contributed by atoms with Gasteiger partial charge in [-0.15, -0.1) is 0 Å². The first-order valence-corrected chi connectivity index (χ1v) is 6.03. The Morgan fingerprint density at radius 2 is 2.29 bits per heavy atom. The highest BCUT2D eigenvalue weighted by atomic mass is 32.2. The number of aliphatic hydroxyl groups is 1. The average molecular weight is 212 g/mol. The Labute approximate surface area is 89.3 Å². The van der Waals surface area contributed by atoms with Gasteiger partial charge in [-0.2, -0.15) is 11.8 Å². The van der Waals surface area contributed by atoms with Crippen molar-refractivity contribution in [2.24, 2.45) is 0 Å². The molecule has 0 aliphatic carbocycles. The molecule has 3 heteroatoms. The van der Waals surface area contributed by atoms with Gasteiger partial charge in [0.15, 0.2) is 0 Å². The molecule has 0 aliphatic rings. The van der Waals surface area contributed by atoms with Crippen LogP contribution in [0.4, 0.5) is 0 Å². The molecule has 1 rings (SSSR count). The second kappa shape index (κ2) is 5.94. The highest BCUT2D eigenvalue weighted by molar-refractivity contribution is 7.98. The van der Waals surface area contributed by atoms with Crippen LogP contribution in [0, 0.1) is 0 Å². The van der Waals surface area contributed by atoms with Gasteiger partial charge in [-0.25, -0.2) is 0 Å². The number of benzene rings is 1. The maximum absolute atomic E-state index is 9.36. The molecule has 0 fully saturated rings. The van der Waals surface area contributed by atoms with Crippen molar-refractivity contribution in [3.63, 3.8) is 0 Å². The molecule has 78 valence electrons. The molecular formula is C11H16O2S. The van der Waals surface area contributed by atoms with Crippen molar-refractivity contribution >= 4 is 11.8 Å². The van der Waals surface area contributed by atoms with E-state index in [0.717, 1.165) is 17.1 Å². The summed E-state index contributed by atoms with van der Waals surface area (Å²) >= 11 is 1.76. The molecule has 2 nitrogen and oxygen atoms in total. The van der Waals surface area contributed by atoms with Crippen LogP contribution in [0.1, 0.15) is 18.6 Å². The van der Waals surface area contributed by atoms with E-state index in [1.807, 2.05) is 24.3 Å². The number of ether oxygens (including phenoxy) is 1. The maximum Gasteiger partial charge on any atom is 0.119 e. The lowest BCUT2D eigenvalue weighted by atomic mass is 10.1. The fourth-order valence-corrected chi connectivity index (χ4v) is 1.36. The van der Waals surface area contributed by atoms with Gasteiger partial charge in [0, 0.05) is 5.75 Å². The molecule has 0 bridgehead atoms. The Morgan fingerprint density at radius 1 is 1.50 bits per heavy atom. The Kier molecular flexibility index (Phi) is 4.84. The normalized spacial score (nSPS) is 12.5. The van der Waals surface area contributed by atoms with Gasteiger partial charge in [-0.05, 0) is 30.9 Å². The van der Waals surface area contributed by atoms with E-state index in [4.69, 9.17) is 4.74 Å². The second-order valence-electron chi connectivity index (χ2n) is 3.09. The number of thioether (sulfide) groups is 1. The monoisotopic (exact) mass is 212 g/mol. The molecule has 1 unspecified atom stereocenters. The number of aliphatic hydroxyl groups excluding tert-OH is 1. The largest absolute Gasteiger partial charge is 0.493 e. The summed E-state index contributed by atoms with van der Waals surface area (Å²) in [7, 11) is 0. The van der Waals surface area contributed by atoms with Crippen molar-refractivity contribution in [1.82, 2.24) is 0 Å². The molecule has 0 saturated carbocycles. The number of hydrogen-bond donors (Lipinski definition) is 1. The van der Waals surface area contributed by atoms with Crippen LogP contribution in [0.3, 0.4) is 0 Å². The number of hydrogen-bond acceptors (Lipinski definition) is 3. The molecule has 0 radical (unpaired) electrons. The highest BCUT2D eigenvalue weighted by Gasteiger charge is 2.01. The molecule has 1 aromatic carbocycles. The summed E-state index contributed by atoms with van der Waals surface area (Å²) in [6, 6.07) is 7.58. The van der Waals surface area contributed by atoms with E-state index in [9.17, 15) is 5.11 Å². The van der Waals surface area contributed by atoms with E-state index in [-0.39, 0.29) is 0 Å². The molecule has 14 heavy (non-hydrogen) atoms. The van der Waals surface area contributed by atoms with Crippen LogP contribution in [-0.2, 0) is 0 Å². The van der Waals surface area contributed by atoms with Crippen LogP contribution in [0.5, 0.6) is 5.75 Å². The molecule has 0 saturated heterocycles. The maximum atomic E-state index is 9.36. The highest BCUT2D eigenvalue weighted by Crippen LogP contribution is 2.18. The van der Waals surface area contributed by atoms with E-state index in [2.05, 4.69) is 6.26 Å². The van der Waals surface area contributed by atoms with E-state index in [1.165, 1.54) is 0 Å². The van der Waals surface area contributed by atoms with Crippen LogP contribution >= 0.6 is 11.8 Å². The smallest absolute Gasteiger partial charge is 0.119 e. The van der Waals surface area contributed by atoms with Crippen LogP contribution in [0.25, 0.3) is 0 Å². The molecule has 0 heterocycles. The Hall–Kier alpha value is -0.670. The summed E-state index contributed by atoms with van der Waals surface area (Å²) in [5, 5.41) is 9.36. The van der Waals surface area contributed by atoms with Crippen LogP contribution in [-0.4, -0.2) is 23.7 Å². The standard InChI is InChI=1S/C11H16O2S/c1-9(12)10-4-3-5-11(8-10)13-6-7-14-2/h3-5,8-9,12H,6-7H2,1-2H3. The predicted molar refractivity (Wildman–Crippen MR) is 61.0 cm³/mol. The lowest BCUT2D eigenvalue weighted by Crippen LogP contribution is -2.00. The first-order chi connectivity index (χ1) is 6.74. The average Bonchev–Trinajstić information content (AvgIpc) is 2.19. The third-order valence-corrected chi connectivity index (χ3v) is 2.47. The van der Waals surface area contributed by atoms with Gasteiger partial charge >= 0.3 is 0 Å². The third kappa shape index (κ3) is 3.60. The molecule has 0 amide bonds. The Bertz CT molecular complexity index is 274. The zero-order valence-electron chi connectivity index (χ0n) is 8.56. The quantitative estimate of drug-likeness (QED) is 0.760. The molecule has 1 aromatic rings. The summed E-state index contributed by atoms with van der Waals surface area (Å²) in [6.07, 6.45) is 1.62. The predicted octanol–water partition coefficient (Wildman–Crippen LogP) is 2.48. The van der Waals surface area contributed by atoms with Gasteiger partial charge in [0.05, 0.1) is 12.7 Å². The third-order valence-electron chi connectivity index (χ3n) is 1.90. The van der Waals surface area contributed by atoms with Gasteiger partial charge in [-0.1, -0.05) is 12.1 Å². The van der Waals surface area contributed by atoms with Crippen molar-refractivity contribution in [2.75, 3.05) is 18.6 Å². The van der Waals surface area contributed by atoms with Crippen molar-refractivity contribution in [3.05, 3.63) is 29.8 Å². The van der Waals surface area contributed by atoms with E-state index >= 15 is 0 Å². The Balaban J connectivity index is 2.55. The summed E-state index contributed by atoms with van der Waals surface area (Å²) < 4.78 is 5.51. The zero-order valence-corrected chi connectivity index (χ0v) is 9.38. The van der Waals surface area contributed by atoms with E-state index in [1.54, 1.807) is 18.7 Å². The van der Waals surface area contributed by atoms with Crippen molar-refractivity contribution < 1.29 is 9.84 Å². The molecule has 0 spiro atoms. The fraction of sp³-hybridized carbons (Fsp3) is 0.455. The van der Waals surface area contributed by atoms with Crippen molar-refractivity contribution in [1.29, 1.82) is 0 Å². The minimum atomic E-state index is -0.431. The van der Waals surface area contributed by atoms with Gasteiger partial charge in [0.1, 0.15) is 5.75 Å². The van der Waals surface area contributed by atoms with Gasteiger partial charge in [-0.3, -0.25) is 0 Å². The molecule has 1 atom stereocenters. The molecular weight excluding hydrogens is 196 g/mol. The van der Waals surface area contributed by atoms with E-state index in [0.29, 0.717) is 6.61 Å². The summed E-state index contributed by atoms with van der Waals surface area (Å²) in [6.45, 7) is 2.46.